The van der Waals surface area contributed by atoms with Crippen LogP contribution in [-0.2, 0) is 0 Å². The van der Waals surface area contributed by atoms with Crippen LogP contribution < -0.4 is 0 Å². The molecule has 0 bridgehead atoms. The van der Waals surface area contributed by atoms with Gasteiger partial charge in [-0.1, -0.05) is 6.42 Å². The van der Waals surface area contributed by atoms with Gasteiger partial charge in [0, 0.05) is 11.3 Å². The highest BCUT2D eigenvalue weighted by Gasteiger charge is 2.29. The molecule has 3 rings (SSSR count). The molecule has 1 saturated carbocycles. The van der Waals surface area contributed by atoms with Crippen molar-refractivity contribution in [1.29, 1.82) is 0 Å². The van der Waals surface area contributed by atoms with Crippen LogP contribution in [0.4, 0.5) is 4.39 Å². The van der Waals surface area contributed by atoms with Gasteiger partial charge in [0.15, 0.2) is 4.77 Å². The number of aromatic amines is 1. The molecule has 18 heavy (non-hydrogen) atoms. The fourth-order valence-corrected chi connectivity index (χ4v) is 4.23. The van der Waals surface area contributed by atoms with E-state index in [4.69, 9.17) is 12.2 Å². The average Bonchev–Trinajstić information content (AvgIpc) is 2.90. The Labute approximate surface area is 115 Å². The Balaban J connectivity index is 2.16. The third-order valence-corrected chi connectivity index (χ3v) is 5.18. The molecule has 0 spiro atoms. The first-order chi connectivity index (χ1) is 8.70. The van der Waals surface area contributed by atoms with Crippen LogP contribution >= 0.6 is 24.0 Å². The summed E-state index contributed by atoms with van der Waals surface area (Å²) in [5.41, 5.74) is 1.82. The van der Waals surface area contributed by atoms with E-state index in [2.05, 4.69) is 15.8 Å². The van der Waals surface area contributed by atoms with Gasteiger partial charge in [0.05, 0.1) is 11.0 Å². The number of H-pyrrole nitrogens is 1. The average molecular weight is 282 g/mol. The lowest BCUT2D eigenvalue weighted by Gasteiger charge is -2.20. The summed E-state index contributed by atoms with van der Waals surface area (Å²) in [6.45, 7) is 0. The van der Waals surface area contributed by atoms with Crippen molar-refractivity contribution in [2.75, 3.05) is 6.26 Å². The van der Waals surface area contributed by atoms with Gasteiger partial charge in [0.2, 0.25) is 0 Å². The van der Waals surface area contributed by atoms with Crippen LogP contribution in [0.5, 0.6) is 0 Å². The molecule has 1 heterocycles. The molecule has 2 aromatic rings. The summed E-state index contributed by atoms with van der Waals surface area (Å²) in [6.07, 6.45) is 5.79. The summed E-state index contributed by atoms with van der Waals surface area (Å²) in [5, 5.41) is 0.612. The van der Waals surface area contributed by atoms with Crippen molar-refractivity contribution in [1.82, 2.24) is 9.55 Å². The van der Waals surface area contributed by atoms with Crippen molar-refractivity contribution in [3.8, 4) is 0 Å². The monoisotopic (exact) mass is 282 g/mol. The zero-order valence-corrected chi connectivity index (χ0v) is 11.8. The summed E-state index contributed by atoms with van der Waals surface area (Å²) in [7, 11) is 0. The Morgan fingerprint density at radius 1 is 1.44 bits per heavy atom. The number of nitrogens with zero attached hydrogens (tertiary/aromatic N) is 1. The number of hydrogen-bond donors (Lipinski definition) is 1. The van der Waals surface area contributed by atoms with Gasteiger partial charge in [-0.25, -0.2) is 4.39 Å². The topological polar surface area (TPSA) is 20.7 Å². The SMILES string of the molecule is CSC1CCCC1n1c(=S)[nH]c2cc(F)ccc21. The van der Waals surface area contributed by atoms with Crippen LogP contribution in [0.1, 0.15) is 25.3 Å². The van der Waals surface area contributed by atoms with Crippen molar-refractivity contribution in [2.24, 2.45) is 0 Å². The van der Waals surface area contributed by atoms with Crippen molar-refractivity contribution in [2.45, 2.75) is 30.6 Å². The summed E-state index contributed by atoms with van der Waals surface area (Å²) in [6, 6.07) is 5.29. The molecule has 1 aromatic carbocycles. The van der Waals surface area contributed by atoms with E-state index >= 15 is 0 Å². The molecule has 0 saturated heterocycles. The van der Waals surface area contributed by atoms with E-state index in [9.17, 15) is 4.39 Å². The van der Waals surface area contributed by atoms with Crippen molar-refractivity contribution in [3.05, 3.63) is 28.8 Å². The second kappa shape index (κ2) is 4.70. The number of hydrogen-bond acceptors (Lipinski definition) is 2. The number of imidazole rings is 1. The summed E-state index contributed by atoms with van der Waals surface area (Å²) >= 11 is 7.31. The molecule has 1 fully saturated rings. The Morgan fingerprint density at radius 3 is 3.06 bits per heavy atom. The van der Waals surface area contributed by atoms with Gasteiger partial charge >= 0.3 is 0 Å². The van der Waals surface area contributed by atoms with E-state index in [1.807, 2.05) is 17.8 Å². The van der Waals surface area contributed by atoms with Gasteiger partial charge in [-0.05, 0) is 49.5 Å². The molecule has 1 aromatic heterocycles. The Kier molecular flexibility index (Phi) is 3.20. The Morgan fingerprint density at radius 2 is 2.28 bits per heavy atom. The molecule has 0 amide bonds. The molecule has 2 nitrogen and oxygen atoms in total. The van der Waals surface area contributed by atoms with Crippen LogP contribution in [-0.4, -0.2) is 21.1 Å². The number of benzene rings is 1. The van der Waals surface area contributed by atoms with E-state index in [-0.39, 0.29) is 5.82 Å². The maximum Gasteiger partial charge on any atom is 0.178 e. The molecule has 2 unspecified atom stereocenters. The van der Waals surface area contributed by atoms with Gasteiger partial charge in [0.1, 0.15) is 5.82 Å². The lowest BCUT2D eigenvalue weighted by molar-refractivity contribution is 0.536. The lowest BCUT2D eigenvalue weighted by atomic mass is 10.2. The first-order valence-corrected chi connectivity index (χ1v) is 7.83. The van der Waals surface area contributed by atoms with E-state index in [1.54, 1.807) is 0 Å². The number of fused-ring (bicyclic) bond motifs is 1. The second-order valence-electron chi connectivity index (χ2n) is 4.73. The largest absolute Gasteiger partial charge is 0.330 e. The van der Waals surface area contributed by atoms with E-state index in [0.29, 0.717) is 16.1 Å². The normalized spacial score (nSPS) is 23.9. The van der Waals surface area contributed by atoms with Gasteiger partial charge in [-0.3, -0.25) is 0 Å². The van der Waals surface area contributed by atoms with Gasteiger partial charge < -0.3 is 9.55 Å². The predicted molar refractivity (Wildman–Crippen MR) is 77.3 cm³/mol. The molecule has 1 aliphatic rings. The van der Waals surface area contributed by atoms with E-state index < -0.39 is 0 Å². The van der Waals surface area contributed by atoms with Crippen LogP contribution in [0.3, 0.4) is 0 Å². The van der Waals surface area contributed by atoms with Crippen LogP contribution in [0, 0.1) is 10.6 Å². The molecule has 1 aliphatic carbocycles. The third-order valence-electron chi connectivity index (χ3n) is 3.73. The highest BCUT2D eigenvalue weighted by Crippen LogP contribution is 2.39. The van der Waals surface area contributed by atoms with Crippen LogP contribution in [0.2, 0.25) is 0 Å². The van der Waals surface area contributed by atoms with Crippen molar-refractivity contribution < 1.29 is 4.39 Å². The standard InChI is InChI=1S/C13H15FN2S2/c1-18-12-4-2-3-11(12)16-10-6-5-8(14)7-9(10)15-13(16)17/h5-7,11-12H,2-4H2,1H3,(H,15,17). The summed E-state index contributed by atoms with van der Waals surface area (Å²) < 4.78 is 16.1. The summed E-state index contributed by atoms with van der Waals surface area (Å²) in [4.78, 5) is 3.12. The van der Waals surface area contributed by atoms with E-state index in [1.165, 1.54) is 25.0 Å². The number of halogens is 1. The van der Waals surface area contributed by atoms with Crippen LogP contribution in [0.25, 0.3) is 11.0 Å². The second-order valence-corrected chi connectivity index (χ2v) is 6.20. The fourth-order valence-electron chi connectivity index (χ4n) is 2.91. The molecule has 0 radical (unpaired) electrons. The molecular formula is C13H15FN2S2. The number of thioether (sulfide) groups is 1. The van der Waals surface area contributed by atoms with Gasteiger partial charge in [0.25, 0.3) is 0 Å². The fraction of sp³-hybridized carbons (Fsp3) is 0.462. The minimum Gasteiger partial charge on any atom is -0.330 e. The molecule has 0 aliphatic heterocycles. The van der Waals surface area contributed by atoms with Gasteiger partial charge in [-0.2, -0.15) is 11.8 Å². The molecule has 96 valence electrons. The third kappa shape index (κ3) is 1.89. The minimum atomic E-state index is -0.223. The van der Waals surface area contributed by atoms with Crippen molar-refractivity contribution in [3.63, 3.8) is 0 Å². The highest BCUT2D eigenvalue weighted by molar-refractivity contribution is 7.99. The van der Waals surface area contributed by atoms with Crippen LogP contribution in [0.15, 0.2) is 18.2 Å². The van der Waals surface area contributed by atoms with E-state index in [0.717, 1.165) is 17.5 Å². The van der Waals surface area contributed by atoms with Gasteiger partial charge in [-0.15, -0.1) is 0 Å². The Hall–Kier alpha value is -0.810. The molecular weight excluding hydrogens is 267 g/mol. The quantitative estimate of drug-likeness (QED) is 0.829. The van der Waals surface area contributed by atoms with Crippen molar-refractivity contribution >= 4 is 35.0 Å². The maximum atomic E-state index is 13.2. The number of rotatable bonds is 2. The summed E-state index contributed by atoms with van der Waals surface area (Å²) in [5.74, 6) is -0.223. The predicted octanol–water partition coefficient (Wildman–Crippen LogP) is 4.29. The zero-order valence-electron chi connectivity index (χ0n) is 10.1. The smallest absolute Gasteiger partial charge is 0.178 e. The molecule has 2 atom stereocenters. The first kappa shape index (κ1) is 12.2. The lowest BCUT2D eigenvalue weighted by Crippen LogP contribution is -2.15. The maximum absolute atomic E-state index is 13.2. The minimum absolute atomic E-state index is 0.223. The molecule has 1 N–H and O–H groups in total. The molecule has 5 heteroatoms. The zero-order chi connectivity index (χ0) is 12.7. The number of aromatic nitrogens is 2. The highest BCUT2D eigenvalue weighted by atomic mass is 32.2. The first-order valence-electron chi connectivity index (χ1n) is 6.13. The number of nitrogens with one attached hydrogen (secondary N) is 1. The Bertz CT molecular complexity index is 631.